The number of benzene rings is 1. The second-order valence-electron chi connectivity index (χ2n) is 3.97. The first-order valence-electron chi connectivity index (χ1n) is 5.22. The minimum Gasteiger partial charge on any atom is -0.389 e. The van der Waals surface area contributed by atoms with Crippen LogP contribution in [0.5, 0.6) is 0 Å². The molecule has 1 atom stereocenters. The van der Waals surface area contributed by atoms with Crippen LogP contribution in [-0.2, 0) is 0 Å². The van der Waals surface area contributed by atoms with Crippen molar-refractivity contribution in [3.05, 3.63) is 41.5 Å². The van der Waals surface area contributed by atoms with Crippen LogP contribution in [-0.4, -0.2) is 11.2 Å². The Morgan fingerprint density at radius 1 is 1.29 bits per heavy atom. The molecule has 0 amide bonds. The van der Waals surface area contributed by atoms with Crippen LogP contribution < -0.4 is 0 Å². The van der Waals surface area contributed by atoms with Gasteiger partial charge in [0.2, 0.25) is 0 Å². The average Bonchev–Trinajstić information content (AvgIpc) is 2.18. The summed E-state index contributed by atoms with van der Waals surface area (Å²) in [4.78, 5) is 0. The Bertz CT molecular complexity index is 352. The molecule has 1 aliphatic carbocycles. The van der Waals surface area contributed by atoms with Gasteiger partial charge < -0.3 is 5.11 Å². The van der Waals surface area contributed by atoms with Gasteiger partial charge in [-0.15, -0.1) is 0 Å². The lowest BCUT2D eigenvalue weighted by atomic mass is 9.90. The van der Waals surface area contributed by atoms with Crippen LogP contribution in [0, 0.1) is 6.92 Å². The maximum Gasteiger partial charge on any atom is 0.0726 e. The monoisotopic (exact) mass is 188 g/mol. The van der Waals surface area contributed by atoms with Gasteiger partial charge in [-0.25, -0.2) is 0 Å². The van der Waals surface area contributed by atoms with Crippen molar-refractivity contribution in [1.29, 1.82) is 0 Å². The van der Waals surface area contributed by atoms with Gasteiger partial charge in [0, 0.05) is 0 Å². The molecule has 1 aromatic carbocycles. The number of hydrogen-bond acceptors (Lipinski definition) is 1. The van der Waals surface area contributed by atoms with Crippen molar-refractivity contribution in [2.24, 2.45) is 0 Å². The maximum atomic E-state index is 9.56. The Morgan fingerprint density at radius 3 is 2.79 bits per heavy atom. The summed E-state index contributed by atoms with van der Waals surface area (Å²) < 4.78 is 0. The Hall–Kier alpha value is -1.08. The normalized spacial score (nSPS) is 21.9. The summed E-state index contributed by atoms with van der Waals surface area (Å²) in [6.07, 6.45) is 4.88. The van der Waals surface area contributed by atoms with E-state index in [9.17, 15) is 5.11 Å². The number of aliphatic hydroxyl groups excluding tert-OH is 1. The van der Waals surface area contributed by atoms with Crippen LogP contribution in [0.25, 0.3) is 5.57 Å². The molecule has 0 saturated heterocycles. The molecule has 1 aromatic rings. The predicted molar refractivity (Wildman–Crippen MR) is 59.0 cm³/mol. The Balaban J connectivity index is 2.35. The molecule has 0 spiro atoms. The number of aliphatic hydroxyl groups is 1. The van der Waals surface area contributed by atoms with Gasteiger partial charge in [-0.3, -0.25) is 0 Å². The maximum absolute atomic E-state index is 9.56. The van der Waals surface area contributed by atoms with Crippen molar-refractivity contribution in [1.82, 2.24) is 0 Å². The Labute approximate surface area is 85.1 Å². The smallest absolute Gasteiger partial charge is 0.0726 e. The van der Waals surface area contributed by atoms with E-state index in [1.807, 2.05) is 6.08 Å². The molecule has 1 N–H and O–H groups in total. The summed E-state index contributed by atoms with van der Waals surface area (Å²) in [6, 6.07) is 8.37. The van der Waals surface area contributed by atoms with E-state index < -0.39 is 0 Å². The number of allylic oxidation sites excluding steroid dienone is 1. The molecular formula is C13H16O. The van der Waals surface area contributed by atoms with Crippen LogP contribution in [0.3, 0.4) is 0 Å². The van der Waals surface area contributed by atoms with Crippen molar-refractivity contribution in [3.63, 3.8) is 0 Å². The lowest BCUT2D eigenvalue weighted by Gasteiger charge is -2.18. The topological polar surface area (TPSA) is 20.2 Å². The molecule has 0 aromatic heterocycles. The summed E-state index contributed by atoms with van der Waals surface area (Å²) in [5.74, 6) is 0. The van der Waals surface area contributed by atoms with Gasteiger partial charge in [0.1, 0.15) is 0 Å². The van der Waals surface area contributed by atoms with Crippen LogP contribution in [0.2, 0.25) is 0 Å². The SMILES string of the molecule is Cc1ccccc1C1=CC(O)CCC1. The van der Waals surface area contributed by atoms with E-state index in [2.05, 4.69) is 31.2 Å². The van der Waals surface area contributed by atoms with E-state index in [4.69, 9.17) is 0 Å². The first-order valence-corrected chi connectivity index (χ1v) is 5.22. The quantitative estimate of drug-likeness (QED) is 0.718. The molecule has 0 bridgehead atoms. The van der Waals surface area contributed by atoms with Crippen molar-refractivity contribution in [2.45, 2.75) is 32.3 Å². The molecule has 1 aliphatic rings. The Morgan fingerprint density at radius 2 is 2.07 bits per heavy atom. The molecule has 0 aliphatic heterocycles. The minimum atomic E-state index is -0.238. The van der Waals surface area contributed by atoms with Crippen molar-refractivity contribution < 1.29 is 5.11 Å². The van der Waals surface area contributed by atoms with Gasteiger partial charge >= 0.3 is 0 Å². The average molecular weight is 188 g/mol. The highest BCUT2D eigenvalue weighted by atomic mass is 16.3. The summed E-state index contributed by atoms with van der Waals surface area (Å²) in [5.41, 5.74) is 3.90. The number of aryl methyl sites for hydroxylation is 1. The van der Waals surface area contributed by atoms with E-state index in [-0.39, 0.29) is 6.10 Å². The molecule has 1 nitrogen and oxygen atoms in total. The fourth-order valence-corrected chi connectivity index (χ4v) is 2.06. The van der Waals surface area contributed by atoms with E-state index in [0.29, 0.717) is 0 Å². The largest absolute Gasteiger partial charge is 0.389 e. The zero-order valence-electron chi connectivity index (χ0n) is 8.53. The van der Waals surface area contributed by atoms with Gasteiger partial charge in [-0.05, 0) is 42.9 Å². The minimum absolute atomic E-state index is 0.238. The first kappa shape index (κ1) is 9.47. The third-order valence-corrected chi connectivity index (χ3v) is 2.83. The number of rotatable bonds is 1. The molecule has 14 heavy (non-hydrogen) atoms. The zero-order chi connectivity index (χ0) is 9.97. The fourth-order valence-electron chi connectivity index (χ4n) is 2.06. The molecule has 1 heteroatoms. The second kappa shape index (κ2) is 3.97. The molecule has 74 valence electrons. The van der Waals surface area contributed by atoms with Gasteiger partial charge in [-0.2, -0.15) is 0 Å². The van der Waals surface area contributed by atoms with E-state index in [1.165, 1.54) is 16.7 Å². The molecule has 2 rings (SSSR count). The molecule has 0 saturated carbocycles. The summed E-state index contributed by atoms with van der Waals surface area (Å²) in [6.45, 7) is 2.12. The van der Waals surface area contributed by atoms with Gasteiger partial charge in [0.15, 0.2) is 0 Å². The van der Waals surface area contributed by atoms with Crippen LogP contribution in [0.4, 0.5) is 0 Å². The molecule has 0 radical (unpaired) electrons. The third-order valence-electron chi connectivity index (χ3n) is 2.83. The van der Waals surface area contributed by atoms with E-state index >= 15 is 0 Å². The van der Waals surface area contributed by atoms with Crippen molar-refractivity contribution >= 4 is 5.57 Å². The standard InChI is InChI=1S/C13H16O/c1-10-5-2-3-8-13(10)11-6-4-7-12(14)9-11/h2-3,5,8-9,12,14H,4,6-7H2,1H3. The third kappa shape index (κ3) is 1.88. The lowest BCUT2D eigenvalue weighted by molar-refractivity contribution is 0.206. The van der Waals surface area contributed by atoms with Crippen molar-refractivity contribution in [3.8, 4) is 0 Å². The summed E-state index contributed by atoms with van der Waals surface area (Å²) in [5, 5.41) is 9.56. The molecule has 1 unspecified atom stereocenters. The Kier molecular flexibility index (Phi) is 2.69. The zero-order valence-corrected chi connectivity index (χ0v) is 8.53. The van der Waals surface area contributed by atoms with Crippen LogP contribution >= 0.6 is 0 Å². The number of hydrogen-bond donors (Lipinski definition) is 1. The van der Waals surface area contributed by atoms with Gasteiger partial charge in [0.25, 0.3) is 0 Å². The predicted octanol–water partition coefficient (Wildman–Crippen LogP) is 2.92. The van der Waals surface area contributed by atoms with Gasteiger partial charge in [0.05, 0.1) is 6.10 Å². The fraction of sp³-hybridized carbons (Fsp3) is 0.385. The highest BCUT2D eigenvalue weighted by Crippen LogP contribution is 2.28. The van der Waals surface area contributed by atoms with Gasteiger partial charge in [-0.1, -0.05) is 30.3 Å². The second-order valence-corrected chi connectivity index (χ2v) is 3.97. The highest BCUT2D eigenvalue weighted by molar-refractivity contribution is 5.69. The van der Waals surface area contributed by atoms with Crippen molar-refractivity contribution in [2.75, 3.05) is 0 Å². The molecular weight excluding hydrogens is 172 g/mol. The lowest BCUT2D eigenvalue weighted by Crippen LogP contribution is -2.08. The molecule has 0 heterocycles. The highest BCUT2D eigenvalue weighted by Gasteiger charge is 2.12. The summed E-state index contributed by atoms with van der Waals surface area (Å²) in [7, 11) is 0. The summed E-state index contributed by atoms with van der Waals surface area (Å²) >= 11 is 0. The van der Waals surface area contributed by atoms with Crippen LogP contribution in [0.15, 0.2) is 30.3 Å². The van der Waals surface area contributed by atoms with Crippen LogP contribution in [0.1, 0.15) is 30.4 Å². The first-order chi connectivity index (χ1) is 6.77. The van der Waals surface area contributed by atoms with E-state index in [0.717, 1.165) is 19.3 Å². The molecule has 0 fully saturated rings. The van der Waals surface area contributed by atoms with E-state index in [1.54, 1.807) is 0 Å².